The van der Waals surface area contributed by atoms with Gasteiger partial charge in [0.25, 0.3) is 0 Å². The fraction of sp³-hybridized carbons (Fsp3) is 0.250. The van der Waals surface area contributed by atoms with Gasteiger partial charge in [0.1, 0.15) is 5.82 Å². The molecule has 1 aromatic carbocycles. The highest BCUT2D eigenvalue weighted by Crippen LogP contribution is 2.31. The Kier molecular flexibility index (Phi) is 2.25. The third-order valence-electron chi connectivity index (χ3n) is 3.17. The second kappa shape index (κ2) is 3.58. The monoisotopic (exact) mass is 263 g/mol. The summed E-state index contributed by atoms with van der Waals surface area (Å²) >= 11 is 0. The Labute approximate surface area is 105 Å². The maximum atomic E-state index is 11.5. The van der Waals surface area contributed by atoms with Gasteiger partial charge in [0.2, 0.25) is 0 Å². The summed E-state index contributed by atoms with van der Waals surface area (Å²) in [6.07, 6.45) is 0. The van der Waals surface area contributed by atoms with Crippen molar-refractivity contribution in [2.45, 2.75) is 18.4 Å². The molecule has 0 radical (unpaired) electrons. The SMILES string of the molecule is Cc1ccccc1-n1nc2c(c1N)CS(=O)(=O)C2. The summed E-state index contributed by atoms with van der Waals surface area (Å²) in [7, 11) is -3.05. The van der Waals surface area contributed by atoms with E-state index in [9.17, 15) is 8.42 Å². The molecule has 0 aliphatic carbocycles. The minimum Gasteiger partial charge on any atom is -0.383 e. The van der Waals surface area contributed by atoms with Crippen LogP contribution in [-0.2, 0) is 21.3 Å². The molecule has 3 rings (SSSR count). The highest BCUT2D eigenvalue weighted by atomic mass is 32.2. The van der Waals surface area contributed by atoms with E-state index in [1.165, 1.54) is 0 Å². The molecule has 94 valence electrons. The van der Waals surface area contributed by atoms with Crippen LogP contribution >= 0.6 is 0 Å². The molecular formula is C12H13N3O2S. The standard InChI is InChI=1S/C12H13N3O2S/c1-8-4-2-3-5-11(8)15-12(13)9-6-18(16,17)7-10(9)14-15/h2-5H,6-7,13H2,1H3. The quantitative estimate of drug-likeness (QED) is 0.838. The van der Waals surface area contributed by atoms with Gasteiger partial charge >= 0.3 is 0 Å². The highest BCUT2D eigenvalue weighted by Gasteiger charge is 2.31. The second-order valence-corrected chi connectivity index (χ2v) is 6.61. The van der Waals surface area contributed by atoms with Gasteiger partial charge in [-0.05, 0) is 18.6 Å². The molecule has 0 unspecified atom stereocenters. The number of aromatic nitrogens is 2. The number of aryl methyl sites for hydroxylation is 1. The molecule has 1 aliphatic heterocycles. The Bertz CT molecular complexity index is 732. The Morgan fingerprint density at radius 1 is 1.28 bits per heavy atom. The first-order chi connectivity index (χ1) is 8.48. The molecule has 0 amide bonds. The van der Waals surface area contributed by atoms with Crippen molar-refractivity contribution in [3.8, 4) is 5.69 Å². The molecule has 0 saturated carbocycles. The lowest BCUT2D eigenvalue weighted by Gasteiger charge is -2.08. The molecule has 0 saturated heterocycles. The van der Waals surface area contributed by atoms with Gasteiger partial charge in [-0.3, -0.25) is 0 Å². The lowest BCUT2D eigenvalue weighted by molar-refractivity contribution is 0.597. The molecule has 1 aromatic heterocycles. The van der Waals surface area contributed by atoms with Crippen molar-refractivity contribution in [1.29, 1.82) is 0 Å². The number of fused-ring (bicyclic) bond motifs is 1. The van der Waals surface area contributed by atoms with E-state index in [4.69, 9.17) is 5.73 Å². The number of nitrogen functional groups attached to an aromatic ring is 1. The number of para-hydroxylation sites is 1. The number of sulfone groups is 1. The van der Waals surface area contributed by atoms with Crippen LogP contribution in [0, 0.1) is 6.92 Å². The van der Waals surface area contributed by atoms with E-state index in [1.807, 2.05) is 31.2 Å². The van der Waals surface area contributed by atoms with E-state index in [1.54, 1.807) is 4.68 Å². The zero-order valence-electron chi connectivity index (χ0n) is 9.92. The maximum absolute atomic E-state index is 11.5. The predicted molar refractivity (Wildman–Crippen MR) is 69.0 cm³/mol. The minimum atomic E-state index is -3.05. The van der Waals surface area contributed by atoms with Gasteiger partial charge in [-0.2, -0.15) is 5.10 Å². The van der Waals surface area contributed by atoms with E-state index in [0.29, 0.717) is 17.1 Å². The number of anilines is 1. The summed E-state index contributed by atoms with van der Waals surface area (Å²) in [4.78, 5) is 0. The van der Waals surface area contributed by atoms with Crippen LogP contribution in [0.3, 0.4) is 0 Å². The molecule has 0 atom stereocenters. The smallest absolute Gasteiger partial charge is 0.160 e. The number of nitrogens with two attached hydrogens (primary N) is 1. The minimum absolute atomic E-state index is 0.0000475. The molecule has 6 heteroatoms. The van der Waals surface area contributed by atoms with Crippen molar-refractivity contribution in [2.75, 3.05) is 5.73 Å². The van der Waals surface area contributed by atoms with Gasteiger partial charge in [-0.25, -0.2) is 13.1 Å². The molecule has 2 N–H and O–H groups in total. The molecule has 0 bridgehead atoms. The van der Waals surface area contributed by atoms with Gasteiger partial charge in [-0.15, -0.1) is 0 Å². The number of hydrogen-bond acceptors (Lipinski definition) is 4. The Morgan fingerprint density at radius 2 is 2.00 bits per heavy atom. The van der Waals surface area contributed by atoms with Gasteiger partial charge in [-0.1, -0.05) is 18.2 Å². The van der Waals surface area contributed by atoms with Crippen molar-refractivity contribution in [3.05, 3.63) is 41.1 Å². The Hall–Kier alpha value is -1.82. The van der Waals surface area contributed by atoms with Crippen molar-refractivity contribution in [1.82, 2.24) is 9.78 Å². The number of benzene rings is 1. The first kappa shape index (κ1) is 11.3. The van der Waals surface area contributed by atoms with Crippen molar-refractivity contribution in [2.24, 2.45) is 0 Å². The van der Waals surface area contributed by atoms with Gasteiger partial charge in [0.05, 0.1) is 22.9 Å². The topological polar surface area (TPSA) is 78.0 Å². The summed E-state index contributed by atoms with van der Waals surface area (Å²) in [5, 5.41) is 4.33. The van der Waals surface area contributed by atoms with E-state index < -0.39 is 9.84 Å². The van der Waals surface area contributed by atoms with Gasteiger partial charge < -0.3 is 5.73 Å². The van der Waals surface area contributed by atoms with E-state index in [0.717, 1.165) is 11.3 Å². The van der Waals surface area contributed by atoms with E-state index in [2.05, 4.69) is 5.10 Å². The van der Waals surface area contributed by atoms with Gasteiger partial charge in [0.15, 0.2) is 9.84 Å². The summed E-state index contributed by atoms with van der Waals surface area (Å²) < 4.78 is 24.7. The Morgan fingerprint density at radius 3 is 2.67 bits per heavy atom. The number of hydrogen-bond donors (Lipinski definition) is 1. The number of rotatable bonds is 1. The van der Waals surface area contributed by atoms with Crippen LogP contribution in [0.2, 0.25) is 0 Å². The maximum Gasteiger partial charge on any atom is 0.160 e. The van der Waals surface area contributed by atoms with Crippen molar-refractivity contribution in [3.63, 3.8) is 0 Å². The Balaban J connectivity index is 2.16. The van der Waals surface area contributed by atoms with Crippen LogP contribution in [0.5, 0.6) is 0 Å². The normalized spacial score (nSPS) is 16.7. The summed E-state index contributed by atoms with van der Waals surface area (Å²) in [5.74, 6) is 0.422. The molecule has 0 spiro atoms. The fourth-order valence-corrected chi connectivity index (χ4v) is 3.75. The van der Waals surface area contributed by atoms with Crippen LogP contribution in [-0.4, -0.2) is 18.2 Å². The molecule has 0 fully saturated rings. The molecule has 2 heterocycles. The third-order valence-corrected chi connectivity index (χ3v) is 4.61. The first-order valence-electron chi connectivity index (χ1n) is 5.60. The number of nitrogens with zero attached hydrogens (tertiary/aromatic N) is 2. The molecule has 5 nitrogen and oxygen atoms in total. The molecular weight excluding hydrogens is 250 g/mol. The first-order valence-corrected chi connectivity index (χ1v) is 7.43. The molecule has 18 heavy (non-hydrogen) atoms. The average molecular weight is 263 g/mol. The summed E-state index contributed by atoms with van der Waals surface area (Å²) in [6.45, 7) is 1.97. The highest BCUT2D eigenvalue weighted by molar-refractivity contribution is 7.90. The predicted octanol–water partition coefficient (Wildman–Crippen LogP) is 1.19. The van der Waals surface area contributed by atoms with Crippen LogP contribution in [0.1, 0.15) is 16.8 Å². The third kappa shape index (κ3) is 1.60. The fourth-order valence-electron chi connectivity index (χ4n) is 2.25. The van der Waals surface area contributed by atoms with Crippen molar-refractivity contribution < 1.29 is 8.42 Å². The zero-order chi connectivity index (χ0) is 12.9. The van der Waals surface area contributed by atoms with Gasteiger partial charge in [0, 0.05) is 5.56 Å². The van der Waals surface area contributed by atoms with Crippen LogP contribution < -0.4 is 5.73 Å². The summed E-state index contributed by atoms with van der Waals surface area (Å²) in [6, 6.07) is 7.74. The van der Waals surface area contributed by atoms with Crippen LogP contribution in [0.4, 0.5) is 5.82 Å². The zero-order valence-corrected chi connectivity index (χ0v) is 10.7. The lowest BCUT2D eigenvalue weighted by Crippen LogP contribution is -2.07. The summed E-state index contributed by atoms with van der Waals surface area (Å²) in [5.41, 5.74) is 9.18. The van der Waals surface area contributed by atoms with Crippen LogP contribution in [0.25, 0.3) is 5.69 Å². The average Bonchev–Trinajstić information content (AvgIpc) is 2.74. The van der Waals surface area contributed by atoms with E-state index in [-0.39, 0.29) is 11.5 Å². The molecule has 2 aromatic rings. The lowest BCUT2D eigenvalue weighted by atomic mass is 10.2. The van der Waals surface area contributed by atoms with Crippen LogP contribution in [0.15, 0.2) is 24.3 Å². The molecule has 1 aliphatic rings. The van der Waals surface area contributed by atoms with E-state index >= 15 is 0 Å². The second-order valence-electron chi connectivity index (χ2n) is 4.54. The van der Waals surface area contributed by atoms with Crippen molar-refractivity contribution >= 4 is 15.7 Å². The largest absolute Gasteiger partial charge is 0.383 e.